The van der Waals surface area contributed by atoms with E-state index in [4.69, 9.17) is 4.74 Å². The van der Waals surface area contributed by atoms with Crippen LogP contribution in [0.2, 0.25) is 0 Å². The fraction of sp³-hybridized carbons (Fsp3) is 0.440. The Morgan fingerprint density at radius 1 is 1.14 bits per heavy atom. The number of rotatable bonds is 6. The lowest BCUT2D eigenvalue weighted by molar-refractivity contribution is -0.142. The predicted octanol–water partition coefficient (Wildman–Crippen LogP) is 2.39. The predicted molar refractivity (Wildman–Crippen MR) is 131 cm³/mol. The second-order valence-electron chi connectivity index (χ2n) is 9.61. The Balaban J connectivity index is 1.63. The van der Waals surface area contributed by atoms with E-state index in [0.717, 1.165) is 9.87 Å². The largest absolute Gasteiger partial charge is 0.485 e. The van der Waals surface area contributed by atoms with E-state index in [1.807, 2.05) is 30.3 Å². The number of carboxylic acids is 1. The molecule has 2 aromatic carbocycles. The monoisotopic (exact) mass is 517 g/mol. The van der Waals surface area contributed by atoms with E-state index in [1.165, 1.54) is 18.2 Å². The molecule has 2 amide bonds. The lowest BCUT2D eigenvalue weighted by Gasteiger charge is -2.42. The van der Waals surface area contributed by atoms with Crippen molar-refractivity contribution >= 4 is 22.0 Å². The van der Waals surface area contributed by atoms with E-state index in [9.17, 15) is 28.2 Å². The molecule has 2 heterocycles. The fourth-order valence-electron chi connectivity index (χ4n) is 4.64. The minimum absolute atomic E-state index is 0.103. The SMILES string of the molecule is CC1(C)Oc2ccc(S(=O)(=O)N3CCCCC3C(=O)O)cc2C(NC(=O)NCc2ccccc2)C1O. The fourth-order valence-corrected chi connectivity index (χ4v) is 6.33. The third-order valence-electron chi connectivity index (χ3n) is 6.65. The molecule has 0 saturated carbocycles. The minimum atomic E-state index is -4.15. The molecule has 1 saturated heterocycles. The van der Waals surface area contributed by atoms with Crippen molar-refractivity contribution in [1.29, 1.82) is 0 Å². The Morgan fingerprint density at radius 2 is 1.86 bits per heavy atom. The van der Waals surface area contributed by atoms with Crippen LogP contribution in [0.15, 0.2) is 53.4 Å². The van der Waals surface area contributed by atoms with Gasteiger partial charge < -0.3 is 25.6 Å². The van der Waals surface area contributed by atoms with Crippen LogP contribution in [0.4, 0.5) is 4.79 Å². The molecule has 1 fully saturated rings. The minimum Gasteiger partial charge on any atom is -0.485 e. The van der Waals surface area contributed by atoms with Crippen molar-refractivity contribution < 1.29 is 33.0 Å². The number of aliphatic carboxylic acids is 1. The summed E-state index contributed by atoms with van der Waals surface area (Å²) >= 11 is 0. The number of carbonyl (C=O) groups excluding carboxylic acids is 1. The molecule has 2 aliphatic heterocycles. The highest BCUT2D eigenvalue weighted by molar-refractivity contribution is 7.89. The molecule has 36 heavy (non-hydrogen) atoms. The second kappa shape index (κ2) is 10.1. The van der Waals surface area contributed by atoms with Crippen molar-refractivity contribution in [1.82, 2.24) is 14.9 Å². The van der Waals surface area contributed by atoms with Crippen LogP contribution in [0, 0.1) is 0 Å². The quantitative estimate of drug-likeness (QED) is 0.460. The second-order valence-corrected chi connectivity index (χ2v) is 11.5. The van der Waals surface area contributed by atoms with Crippen LogP contribution >= 0.6 is 0 Å². The van der Waals surface area contributed by atoms with E-state index in [0.29, 0.717) is 24.2 Å². The van der Waals surface area contributed by atoms with E-state index in [2.05, 4.69) is 10.6 Å². The summed E-state index contributed by atoms with van der Waals surface area (Å²) in [6.07, 6.45) is 0.246. The van der Waals surface area contributed by atoms with Gasteiger partial charge in [0, 0.05) is 18.7 Å². The molecule has 2 aromatic rings. The Morgan fingerprint density at radius 3 is 2.56 bits per heavy atom. The maximum atomic E-state index is 13.4. The highest BCUT2D eigenvalue weighted by atomic mass is 32.2. The number of fused-ring (bicyclic) bond motifs is 1. The molecule has 3 atom stereocenters. The number of hydrogen-bond donors (Lipinski definition) is 4. The lowest BCUT2D eigenvalue weighted by atomic mass is 9.86. The molecule has 194 valence electrons. The number of carboxylic acid groups (broad SMARTS) is 1. The third kappa shape index (κ3) is 5.18. The van der Waals surface area contributed by atoms with Gasteiger partial charge in [-0.25, -0.2) is 13.2 Å². The van der Waals surface area contributed by atoms with Gasteiger partial charge in [-0.05, 0) is 56.9 Å². The van der Waals surface area contributed by atoms with Crippen molar-refractivity contribution in [2.75, 3.05) is 6.54 Å². The molecule has 4 rings (SSSR count). The molecule has 2 aliphatic rings. The van der Waals surface area contributed by atoms with Gasteiger partial charge in [0.2, 0.25) is 10.0 Å². The number of hydrogen-bond acceptors (Lipinski definition) is 6. The number of urea groups is 1. The van der Waals surface area contributed by atoms with E-state index in [-0.39, 0.29) is 24.4 Å². The zero-order valence-electron chi connectivity index (χ0n) is 20.2. The van der Waals surface area contributed by atoms with Gasteiger partial charge in [-0.3, -0.25) is 4.79 Å². The van der Waals surface area contributed by atoms with Crippen molar-refractivity contribution in [2.45, 2.75) is 68.3 Å². The molecular weight excluding hydrogens is 486 g/mol. The molecule has 11 heteroatoms. The van der Waals surface area contributed by atoms with Crippen LogP contribution in [-0.4, -0.2) is 59.2 Å². The van der Waals surface area contributed by atoms with Gasteiger partial charge in [0.1, 0.15) is 23.5 Å². The summed E-state index contributed by atoms with van der Waals surface area (Å²) in [5.74, 6) is -0.864. The van der Waals surface area contributed by atoms with Crippen LogP contribution < -0.4 is 15.4 Å². The lowest BCUT2D eigenvalue weighted by Crippen LogP contribution is -2.54. The van der Waals surface area contributed by atoms with E-state index < -0.39 is 45.8 Å². The van der Waals surface area contributed by atoms with Crippen LogP contribution in [0.25, 0.3) is 0 Å². The first-order valence-electron chi connectivity index (χ1n) is 11.8. The van der Waals surface area contributed by atoms with Crippen LogP contribution in [-0.2, 0) is 21.4 Å². The number of nitrogens with one attached hydrogen (secondary N) is 2. The number of amides is 2. The van der Waals surface area contributed by atoms with E-state index >= 15 is 0 Å². The zero-order chi connectivity index (χ0) is 26.1. The van der Waals surface area contributed by atoms with Crippen LogP contribution in [0.3, 0.4) is 0 Å². The normalized spacial score (nSPS) is 23.7. The number of nitrogens with zero attached hydrogens (tertiary/aromatic N) is 1. The molecule has 0 aromatic heterocycles. The zero-order valence-corrected chi connectivity index (χ0v) is 21.0. The van der Waals surface area contributed by atoms with Gasteiger partial charge in [0.25, 0.3) is 0 Å². The Kier molecular flexibility index (Phi) is 7.26. The smallest absolute Gasteiger partial charge is 0.322 e. The summed E-state index contributed by atoms with van der Waals surface area (Å²) < 4.78 is 33.8. The number of piperidine rings is 1. The number of sulfonamides is 1. The van der Waals surface area contributed by atoms with Gasteiger partial charge in [0.05, 0.1) is 10.9 Å². The van der Waals surface area contributed by atoms with Crippen molar-refractivity contribution in [3.63, 3.8) is 0 Å². The number of aliphatic hydroxyl groups is 1. The first-order valence-corrected chi connectivity index (χ1v) is 13.3. The summed E-state index contributed by atoms with van der Waals surface area (Å²) in [5.41, 5.74) is 0.122. The van der Waals surface area contributed by atoms with Gasteiger partial charge >= 0.3 is 12.0 Å². The molecule has 3 unspecified atom stereocenters. The first-order chi connectivity index (χ1) is 17.0. The third-order valence-corrected chi connectivity index (χ3v) is 8.55. The van der Waals surface area contributed by atoms with Crippen LogP contribution in [0.5, 0.6) is 5.75 Å². The number of ether oxygens (including phenoxy) is 1. The number of benzene rings is 2. The highest BCUT2D eigenvalue weighted by Gasteiger charge is 2.45. The van der Waals surface area contributed by atoms with Gasteiger partial charge in [-0.15, -0.1) is 0 Å². The first kappa shape index (κ1) is 25.9. The van der Waals surface area contributed by atoms with E-state index in [1.54, 1.807) is 13.8 Å². The topological polar surface area (TPSA) is 145 Å². The Labute approximate surface area is 210 Å². The number of aliphatic hydroxyl groups excluding tert-OH is 1. The van der Waals surface area contributed by atoms with Crippen LogP contribution in [0.1, 0.15) is 50.3 Å². The molecule has 4 N–H and O–H groups in total. The van der Waals surface area contributed by atoms with Gasteiger partial charge in [-0.2, -0.15) is 4.31 Å². The summed E-state index contributed by atoms with van der Waals surface area (Å²) in [6.45, 7) is 3.72. The average Bonchev–Trinajstić information content (AvgIpc) is 2.85. The molecule has 0 radical (unpaired) electrons. The maximum Gasteiger partial charge on any atom is 0.322 e. The molecule has 0 spiro atoms. The average molecular weight is 518 g/mol. The Bertz CT molecular complexity index is 1230. The Hall–Kier alpha value is -3.15. The van der Waals surface area contributed by atoms with Gasteiger partial charge in [-0.1, -0.05) is 30.3 Å². The summed E-state index contributed by atoms with van der Waals surface area (Å²) in [6, 6.07) is 10.9. The molecule has 10 nitrogen and oxygen atoms in total. The number of carbonyl (C=O) groups is 2. The highest BCUT2D eigenvalue weighted by Crippen LogP contribution is 2.41. The standard InChI is InChI=1S/C25H31N3O7S/c1-25(2)22(29)21(27-24(32)26-15-16-8-4-3-5-9-16)18-14-17(11-12-20(18)35-25)36(33,34)28-13-7-6-10-19(28)23(30)31/h3-5,8-9,11-12,14,19,21-22,29H,6-7,10,13,15H2,1-2H3,(H,30,31)(H2,26,27,32). The molecule has 0 aliphatic carbocycles. The van der Waals surface area contributed by atoms with Crippen molar-refractivity contribution in [3.8, 4) is 5.75 Å². The van der Waals surface area contributed by atoms with Gasteiger partial charge in [0.15, 0.2) is 0 Å². The van der Waals surface area contributed by atoms with Crippen molar-refractivity contribution in [3.05, 3.63) is 59.7 Å². The van der Waals surface area contributed by atoms with Crippen molar-refractivity contribution in [2.24, 2.45) is 0 Å². The summed E-state index contributed by atoms with van der Waals surface area (Å²) in [7, 11) is -4.15. The maximum absolute atomic E-state index is 13.4. The molecular formula is C25H31N3O7S. The molecule has 0 bridgehead atoms. The summed E-state index contributed by atoms with van der Waals surface area (Å²) in [5, 5.41) is 26.1. The summed E-state index contributed by atoms with van der Waals surface area (Å²) in [4.78, 5) is 24.3.